The number of methoxy groups -OCH3 is 1. The second-order valence-electron chi connectivity index (χ2n) is 4.45. The quantitative estimate of drug-likeness (QED) is 0.851. The maximum absolute atomic E-state index is 11.6. The van der Waals surface area contributed by atoms with Crippen molar-refractivity contribution in [3.05, 3.63) is 48.0 Å². The van der Waals surface area contributed by atoms with Crippen LogP contribution in [-0.2, 0) is 9.53 Å². The summed E-state index contributed by atoms with van der Waals surface area (Å²) in [5.74, 6) is -0.876. The highest BCUT2D eigenvalue weighted by atomic mass is 35.5. The second-order valence-corrected chi connectivity index (χ2v) is 4.45. The topological polar surface area (TPSA) is 75.6 Å². The van der Waals surface area contributed by atoms with Crippen LogP contribution < -0.4 is 5.32 Å². The smallest absolute Gasteiger partial charge is 0.341 e. The van der Waals surface area contributed by atoms with Gasteiger partial charge >= 0.3 is 5.97 Å². The predicted molar refractivity (Wildman–Crippen MR) is 86.4 cm³/mol. The molecule has 0 saturated heterocycles. The molecule has 116 valence electrons. The third-order valence-electron chi connectivity index (χ3n) is 2.96. The van der Waals surface area contributed by atoms with E-state index in [-0.39, 0.29) is 29.6 Å². The van der Waals surface area contributed by atoms with E-state index in [1.165, 1.54) is 20.1 Å². The Balaban J connectivity index is 0.00000242. The van der Waals surface area contributed by atoms with Crippen molar-refractivity contribution in [1.82, 2.24) is 0 Å². The maximum atomic E-state index is 11.6. The Morgan fingerprint density at radius 2 is 1.73 bits per heavy atom. The highest BCUT2D eigenvalue weighted by Gasteiger charge is 2.15. The molecule has 0 radical (unpaired) electrons. The Labute approximate surface area is 134 Å². The zero-order valence-corrected chi connectivity index (χ0v) is 12.9. The Morgan fingerprint density at radius 1 is 1.09 bits per heavy atom. The van der Waals surface area contributed by atoms with E-state index in [1.54, 1.807) is 36.4 Å². The third-order valence-corrected chi connectivity index (χ3v) is 2.96. The Kier molecular flexibility index (Phi) is 5.95. The number of ether oxygens (including phenoxy) is 1. The number of rotatable bonds is 3. The van der Waals surface area contributed by atoms with Gasteiger partial charge in [-0.15, -0.1) is 12.4 Å². The van der Waals surface area contributed by atoms with E-state index in [4.69, 9.17) is 0 Å². The van der Waals surface area contributed by atoms with Gasteiger partial charge in [0.05, 0.1) is 7.11 Å². The van der Waals surface area contributed by atoms with E-state index >= 15 is 0 Å². The lowest BCUT2D eigenvalue weighted by Crippen LogP contribution is -2.05. The molecular weight excluding hydrogens is 306 g/mol. The maximum Gasteiger partial charge on any atom is 0.341 e. The van der Waals surface area contributed by atoms with Gasteiger partial charge < -0.3 is 15.2 Å². The summed E-state index contributed by atoms with van der Waals surface area (Å²) < 4.78 is 4.62. The summed E-state index contributed by atoms with van der Waals surface area (Å²) in [6.07, 6.45) is 0. The first-order valence-electron chi connectivity index (χ1n) is 6.31. The fourth-order valence-corrected chi connectivity index (χ4v) is 1.99. The van der Waals surface area contributed by atoms with Gasteiger partial charge in [-0.05, 0) is 23.8 Å². The molecular formula is C16H16ClNO4. The number of phenols is 1. The summed E-state index contributed by atoms with van der Waals surface area (Å²) in [7, 11) is 1.26. The molecule has 6 heteroatoms. The Bertz CT molecular complexity index is 683. The predicted octanol–water partition coefficient (Wildman–Crippen LogP) is 3.23. The first-order valence-corrected chi connectivity index (χ1v) is 6.31. The number of esters is 1. The number of nitrogens with one attached hydrogen (secondary N) is 1. The van der Waals surface area contributed by atoms with E-state index in [2.05, 4.69) is 10.1 Å². The number of phenolic OH excluding ortho intramolecular Hbond substituents is 1. The molecule has 2 aromatic carbocycles. The van der Waals surface area contributed by atoms with Gasteiger partial charge in [0, 0.05) is 18.2 Å². The van der Waals surface area contributed by atoms with Crippen molar-refractivity contribution in [2.45, 2.75) is 6.92 Å². The number of carbonyl (C=O) groups excluding carboxylic acids is 2. The zero-order valence-electron chi connectivity index (χ0n) is 12.1. The Hall–Kier alpha value is -2.53. The molecule has 22 heavy (non-hydrogen) atoms. The molecule has 5 nitrogen and oxygen atoms in total. The number of aromatic hydroxyl groups is 1. The summed E-state index contributed by atoms with van der Waals surface area (Å²) in [6, 6.07) is 11.8. The summed E-state index contributed by atoms with van der Waals surface area (Å²) in [6.45, 7) is 1.43. The summed E-state index contributed by atoms with van der Waals surface area (Å²) in [5, 5.41) is 12.8. The third kappa shape index (κ3) is 3.77. The van der Waals surface area contributed by atoms with Gasteiger partial charge in [-0.2, -0.15) is 0 Å². The first-order chi connectivity index (χ1) is 10.0. The molecule has 0 saturated carbocycles. The lowest BCUT2D eigenvalue weighted by molar-refractivity contribution is -0.114. The van der Waals surface area contributed by atoms with E-state index in [1.807, 2.05) is 0 Å². The fraction of sp³-hybridized carbons (Fsp3) is 0.125. The molecule has 0 bridgehead atoms. The number of amides is 1. The van der Waals surface area contributed by atoms with Gasteiger partial charge in [0.2, 0.25) is 5.91 Å². The van der Waals surface area contributed by atoms with E-state index in [0.717, 1.165) is 5.56 Å². The van der Waals surface area contributed by atoms with Crippen LogP contribution in [0.5, 0.6) is 5.75 Å². The van der Waals surface area contributed by atoms with Crippen molar-refractivity contribution in [1.29, 1.82) is 0 Å². The normalized spacial score (nSPS) is 9.55. The van der Waals surface area contributed by atoms with Crippen molar-refractivity contribution in [3.63, 3.8) is 0 Å². The minimum atomic E-state index is -0.593. The molecule has 0 heterocycles. The molecule has 0 aromatic heterocycles. The number of carbonyl (C=O) groups is 2. The van der Waals surface area contributed by atoms with E-state index in [0.29, 0.717) is 11.3 Å². The number of para-hydroxylation sites is 1. The van der Waals surface area contributed by atoms with Crippen LogP contribution in [0.15, 0.2) is 42.5 Å². The zero-order chi connectivity index (χ0) is 15.4. The van der Waals surface area contributed by atoms with Gasteiger partial charge in [0.25, 0.3) is 0 Å². The summed E-state index contributed by atoms with van der Waals surface area (Å²) in [5.41, 5.74) is 2.02. The number of anilines is 1. The highest BCUT2D eigenvalue weighted by Crippen LogP contribution is 2.33. The largest absolute Gasteiger partial charge is 0.506 e. The van der Waals surface area contributed by atoms with Crippen LogP contribution in [0, 0.1) is 0 Å². The minimum Gasteiger partial charge on any atom is -0.506 e. The second kappa shape index (κ2) is 7.47. The number of benzene rings is 2. The molecule has 0 fully saturated rings. The standard InChI is InChI=1S/C16H15NO4.ClH/c1-10(18)17-12-8-6-11(7-9-12)13-4-3-5-14(15(13)19)16(20)21-2;/h3-9,19H,1-2H3,(H,17,18);1H. The van der Waals surface area contributed by atoms with Gasteiger partial charge in [-0.3, -0.25) is 4.79 Å². The molecule has 2 aromatic rings. The molecule has 0 aliphatic carbocycles. The van der Waals surface area contributed by atoms with Crippen molar-refractivity contribution in [3.8, 4) is 16.9 Å². The number of hydrogen-bond acceptors (Lipinski definition) is 4. The van der Waals surface area contributed by atoms with Crippen LogP contribution in [0.1, 0.15) is 17.3 Å². The molecule has 2 rings (SSSR count). The van der Waals surface area contributed by atoms with Gasteiger partial charge in [-0.1, -0.05) is 24.3 Å². The first kappa shape index (κ1) is 17.5. The van der Waals surface area contributed by atoms with Crippen molar-refractivity contribution in [2.75, 3.05) is 12.4 Å². The number of hydrogen-bond donors (Lipinski definition) is 2. The van der Waals surface area contributed by atoms with Crippen LogP contribution in [0.4, 0.5) is 5.69 Å². The van der Waals surface area contributed by atoms with Crippen LogP contribution in [0.3, 0.4) is 0 Å². The Morgan fingerprint density at radius 3 is 2.27 bits per heavy atom. The highest BCUT2D eigenvalue weighted by molar-refractivity contribution is 5.95. The van der Waals surface area contributed by atoms with Gasteiger partial charge in [0.15, 0.2) is 0 Å². The van der Waals surface area contributed by atoms with E-state index in [9.17, 15) is 14.7 Å². The van der Waals surface area contributed by atoms with Crippen molar-refractivity contribution < 1.29 is 19.4 Å². The average Bonchev–Trinajstić information content (AvgIpc) is 2.47. The summed E-state index contributed by atoms with van der Waals surface area (Å²) >= 11 is 0. The molecule has 1 amide bonds. The molecule has 0 atom stereocenters. The molecule has 0 unspecified atom stereocenters. The van der Waals surface area contributed by atoms with Crippen LogP contribution >= 0.6 is 12.4 Å². The van der Waals surface area contributed by atoms with Crippen molar-refractivity contribution >= 4 is 30.0 Å². The van der Waals surface area contributed by atoms with E-state index < -0.39 is 5.97 Å². The van der Waals surface area contributed by atoms with Crippen LogP contribution in [0.25, 0.3) is 11.1 Å². The SMILES string of the molecule is COC(=O)c1cccc(-c2ccc(NC(C)=O)cc2)c1O.Cl. The van der Waals surface area contributed by atoms with Crippen LogP contribution in [0.2, 0.25) is 0 Å². The molecule has 2 N–H and O–H groups in total. The molecule has 0 aliphatic rings. The minimum absolute atomic E-state index is 0. The van der Waals surface area contributed by atoms with Crippen LogP contribution in [-0.4, -0.2) is 24.1 Å². The number of halogens is 1. The average molecular weight is 322 g/mol. The van der Waals surface area contributed by atoms with Gasteiger partial charge in [0.1, 0.15) is 11.3 Å². The lowest BCUT2D eigenvalue weighted by Gasteiger charge is -2.09. The van der Waals surface area contributed by atoms with Gasteiger partial charge in [-0.25, -0.2) is 4.79 Å². The molecule has 0 spiro atoms. The van der Waals surface area contributed by atoms with Crippen molar-refractivity contribution in [2.24, 2.45) is 0 Å². The fourth-order valence-electron chi connectivity index (χ4n) is 1.99. The monoisotopic (exact) mass is 321 g/mol. The summed E-state index contributed by atoms with van der Waals surface area (Å²) in [4.78, 5) is 22.5. The molecule has 0 aliphatic heterocycles. The lowest BCUT2D eigenvalue weighted by atomic mass is 10.0.